The van der Waals surface area contributed by atoms with Gasteiger partial charge in [-0.05, 0) is 26.7 Å². The molecule has 0 aromatic rings. The molecule has 0 bridgehead atoms. The minimum atomic E-state index is -1.22. The Balaban J connectivity index is 4.52. The lowest BCUT2D eigenvalue weighted by Crippen LogP contribution is -2.21. The Morgan fingerprint density at radius 1 is 1.43 bits per heavy atom. The van der Waals surface area contributed by atoms with Gasteiger partial charge >= 0.3 is 0 Å². The Hall–Kier alpha value is -0.380. The third-order valence-corrected chi connectivity index (χ3v) is 2.94. The van der Waals surface area contributed by atoms with Gasteiger partial charge in [0.25, 0.3) is 0 Å². The van der Waals surface area contributed by atoms with Gasteiger partial charge in [-0.25, -0.2) is 4.21 Å². The van der Waals surface area contributed by atoms with Crippen LogP contribution in [-0.2, 0) is 15.7 Å². The molecular formula is C10H21NO2S. The first-order valence-corrected chi connectivity index (χ1v) is 5.91. The van der Waals surface area contributed by atoms with Gasteiger partial charge < -0.3 is 4.74 Å². The fourth-order valence-corrected chi connectivity index (χ4v) is 1.34. The van der Waals surface area contributed by atoms with Crippen LogP contribution in [0.3, 0.4) is 0 Å². The number of hydrogen-bond acceptors (Lipinski definition) is 2. The van der Waals surface area contributed by atoms with Gasteiger partial charge in [-0.15, -0.1) is 0 Å². The molecule has 3 nitrogen and oxygen atoms in total. The summed E-state index contributed by atoms with van der Waals surface area (Å²) >= 11 is 0. The number of hydrogen-bond donors (Lipinski definition) is 0. The van der Waals surface area contributed by atoms with Crippen LogP contribution in [0.25, 0.3) is 0 Å². The maximum atomic E-state index is 11.7. The SMILES string of the molecule is CO/C(CC(C)C)=N\S(=O)C(C)(C)C. The van der Waals surface area contributed by atoms with Crippen molar-refractivity contribution in [2.24, 2.45) is 10.3 Å². The summed E-state index contributed by atoms with van der Waals surface area (Å²) in [5, 5.41) is 0. The molecule has 0 rings (SSSR count). The Morgan fingerprint density at radius 3 is 2.21 bits per heavy atom. The van der Waals surface area contributed by atoms with Crippen molar-refractivity contribution < 1.29 is 8.95 Å². The normalized spacial score (nSPS) is 15.8. The monoisotopic (exact) mass is 219 g/mol. The second kappa shape index (κ2) is 5.49. The number of nitrogens with zero attached hydrogens (tertiary/aromatic N) is 1. The zero-order valence-corrected chi connectivity index (χ0v) is 10.8. The number of rotatable bonds is 3. The van der Waals surface area contributed by atoms with Gasteiger partial charge in [-0.2, -0.15) is 4.40 Å². The third kappa shape index (κ3) is 5.37. The van der Waals surface area contributed by atoms with E-state index in [4.69, 9.17) is 4.74 Å². The summed E-state index contributed by atoms with van der Waals surface area (Å²) in [6.07, 6.45) is 0.734. The van der Waals surface area contributed by atoms with E-state index in [9.17, 15) is 4.21 Å². The van der Waals surface area contributed by atoms with E-state index in [-0.39, 0.29) is 4.75 Å². The van der Waals surface area contributed by atoms with Gasteiger partial charge in [0.05, 0.1) is 11.9 Å². The van der Waals surface area contributed by atoms with E-state index in [1.807, 2.05) is 20.8 Å². The Bertz CT molecular complexity index is 229. The molecule has 0 aliphatic carbocycles. The van der Waals surface area contributed by atoms with Crippen molar-refractivity contribution >= 4 is 16.9 Å². The molecule has 14 heavy (non-hydrogen) atoms. The standard InChI is InChI=1S/C10H21NO2S/c1-8(2)7-9(13-6)11-14(12)10(3,4)5/h8H,7H2,1-6H3/b11-9-. The topological polar surface area (TPSA) is 38.7 Å². The molecular weight excluding hydrogens is 198 g/mol. The maximum absolute atomic E-state index is 11.7. The van der Waals surface area contributed by atoms with Crippen molar-refractivity contribution in [2.45, 2.75) is 45.8 Å². The fourth-order valence-electron chi connectivity index (χ4n) is 0.737. The van der Waals surface area contributed by atoms with Crippen LogP contribution in [0.1, 0.15) is 41.0 Å². The van der Waals surface area contributed by atoms with Crippen LogP contribution < -0.4 is 0 Å². The molecule has 4 heteroatoms. The molecule has 1 atom stereocenters. The first-order chi connectivity index (χ1) is 6.27. The molecule has 0 aliphatic heterocycles. The first kappa shape index (κ1) is 13.6. The molecule has 1 unspecified atom stereocenters. The lowest BCUT2D eigenvalue weighted by molar-refractivity contribution is 0.381. The van der Waals surface area contributed by atoms with Crippen LogP contribution in [0.4, 0.5) is 0 Å². The van der Waals surface area contributed by atoms with Crippen LogP contribution in [0.5, 0.6) is 0 Å². The van der Waals surface area contributed by atoms with Gasteiger partial charge in [-0.3, -0.25) is 0 Å². The first-order valence-electron chi connectivity index (χ1n) is 4.81. The Kier molecular flexibility index (Phi) is 5.34. The highest BCUT2D eigenvalue weighted by Gasteiger charge is 2.20. The highest BCUT2D eigenvalue weighted by molar-refractivity contribution is 7.85. The molecule has 0 spiro atoms. The molecule has 0 heterocycles. The van der Waals surface area contributed by atoms with Crippen molar-refractivity contribution in [1.29, 1.82) is 0 Å². The Labute approximate surface area is 89.5 Å². The predicted octanol–water partition coefficient (Wildman–Crippen LogP) is 2.54. The average molecular weight is 219 g/mol. The van der Waals surface area contributed by atoms with Gasteiger partial charge in [-0.1, -0.05) is 13.8 Å². The highest BCUT2D eigenvalue weighted by Crippen LogP contribution is 2.14. The zero-order chi connectivity index (χ0) is 11.4. The van der Waals surface area contributed by atoms with Crippen LogP contribution >= 0.6 is 0 Å². The number of methoxy groups -OCH3 is 1. The average Bonchev–Trinajstić information content (AvgIpc) is 2.00. The molecule has 0 aromatic heterocycles. The fraction of sp³-hybridized carbons (Fsp3) is 0.900. The lowest BCUT2D eigenvalue weighted by atomic mass is 10.1. The molecule has 84 valence electrons. The van der Waals surface area contributed by atoms with Crippen LogP contribution in [-0.4, -0.2) is 22.0 Å². The van der Waals surface area contributed by atoms with E-state index in [1.165, 1.54) is 0 Å². The summed E-state index contributed by atoms with van der Waals surface area (Å²) in [6.45, 7) is 9.85. The quantitative estimate of drug-likeness (QED) is 0.540. The van der Waals surface area contributed by atoms with Crippen molar-refractivity contribution in [2.75, 3.05) is 7.11 Å². The van der Waals surface area contributed by atoms with Crippen LogP contribution in [0, 0.1) is 5.92 Å². The van der Waals surface area contributed by atoms with Gasteiger partial charge in [0.15, 0.2) is 5.90 Å². The summed E-state index contributed by atoms with van der Waals surface area (Å²) in [5.74, 6) is 1.04. The van der Waals surface area contributed by atoms with Crippen molar-refractivity contribution in [1.82, 2.24) is 0 Å². The summed E-state index contributed by atoms with van der Waals surface area (Å²) in [6, 6.07) is 0. The molecule has 0 saturated heterocycles. The van der Waals surface area contributed by atoms with Gasteiger partial charge in [0, 0.05) is 6.42 Å². The van der Waals surface area contributed by atoms with Crippen molar-refractivity contribution in [3.8, 4) is 0 Å². The molecule has 0 aliphatic rings. The van der Waals surface area contributed by atoms with Crippen molar-refractivity contribution in [3.05, 3.63) is 0 Å². The molecule has 0 radical (unpaired) electrons. The van der Waals surface area contributed by atoms with Gasteiger partial charge in [0.1, 0.15) is 11.0 Å². The molecule has 0 fully saturated rings. The summed E-state index contributed by atoms with van der Waals surface area (Å²) in [7, 11) is 0.350. The zero-order valence-electron chi connectivity index (χ0n) is 9.96. The van der Waals surface area contributed by atoms with Gasteiger partial charge in [0.2, 0.25) is 0 Å². The highest BCUT2D eigenvalue weighted by atomic mass is 32.2. The third-order valence-electron chi connectivity index (χ3n) is 1.53. The Morgan fingerprint density at radius 2 is 1.93 bits per heavy atom. The minimum absolute atomic E-state index is 0.319. The van der Waals surface area contributed by atoms with E-state index < -0.39 is 11.0 Å². The maximum Gasteiger partial charge on any atom is 0.197 e. The van der Waals surface area contributed by atoms with E-state index in [0.29, 0.717) is 11.8 Å². The molecule has 0 aromatic carbocycles. The second-order valence-corrected chi connectivity index (χ2v) is 6.55. The van der Waals surface area contributed by atoms with E-state index in [1.54, 1.807) is 7.11 Å². The summed E-state index contributed by atoms with van der Waals surface area (Å²) in [4.78, 5) is 0. The summed E-state index contributed by atoms with van der Waals surface area (Å²) < 4.78 is 20.5. The van der Waals surface area contributed by atoms with Crippen molar-refractivity contribution in [3.63, 3.8) is 0 Å². The smallest absolute Gasteiger partial charge is 0.197 e. The molecule has 0 amide bonds. The van der Waals surface area contributed by atoms with E-state index >= 15 is 0 Å². The minimum Gasteiger partial charge on any atom is -0.484 e. The van der Waals surface area contributed by atoms with E-state index in [2.05, 4.69) is 18.2 Å². The van der Waals surface area contributed by atoms with E-state index in [0.717, 1.165) is 6.42 Å². The number of ether oxygens (including phenoxy) is 1. The largest absolute Gasteiger partial charge is 0.484 e. The second-order valence-electron chi connectivity index (χ2n) is 4.65. The predicted molar refractivity (Wildman–Crippen MR) is 61.8 cm³/mol. The molecule has 0 saturated carbocycles. The van der Waals surface area contributed by atoms with Crippen LogP contribution in [0.2, 0.25) is 0 Å². The lowest BCUT2D eigenvalue weighted by Gasteiger charge is -2.15. The summed E-state index contributed by atoms with van der Waals surface area (Å²) in [5.41, 5.74) is 0. The molecule has 0 N–H and O–H groups in total. The van der Waals surface area contributed by atoms with Crippen LogP contribution in [0.15, 0.2) is 4.40 Å².